The number of imidazole rings is 1. The Morgan fingerprint density at radius 2 is 1.79 bits per heavy atom. The van der Waals surface area contributed by atoms with Crippen molar-refractivity contribution in [2.75, 3.05) is 5.32 Å². The molecule has 1 amide bonds. The smallest absolute Gasteiger partial charge is 0.335 e. The highest BCUT2D eigenvalue weighted by Crippen LogP contribution is 2.34. The van der Waals surface area contributed by atoms with Gasteiger partial charge in [0.1, 0.15) is 5.82 Å². The van der Waals surface area contributed by atoms with Crippen molar-refractivity contribution in [1.82, 2.24) is 14.1 Å². The number of hydrogen-bond donors (Lipinski definition) is 2. The standard InChI is InChI=1S/C27H24N4O3/c1-2-7-24-29-25(30-14-5-6-15-30)23(16-21-20-8-3-4-9-22(20)28-26(21)32)31(24)17-18-10-12-19(13-11-18)27(33)34/h3-6,8-16H,2,7,17H2,1H3,(H,28,32)(H,33,34)/b21-16+. The van der Waals surface area contributed by atoms with E-state index in [1.165, 1.54) is 0 Å². The third-order valence-corrected chi connectivity index (χ3v) is 5.92. The van der Waals surface area contributed by atoms with Gasteiger partial charge in [-0.25, -0.2) is 9.78 Å². The fourth-order valence-corrected chi connectivity index (χ4v) is 4.25. The lowest BCUT2D eigenvalue weighted by atomic mass is 10.1. The second kappa shape index (κ2) is 8.86. The van der Waals surface area contributed by atoms with Crippen LogP contribution in [0.2, 0.25) is 0 Å². The summed E-state index contributed by atoms with van der Waals surface area (Å²) in [5.74, 6) is 0.565. The Morgan fingerprint density at radius 1 is 1.06 bits per heavy atom. The molecule has 2 N–H and O–H groups in total. The lowest BCUT2D eigenvalue weighted by molar-refractivity contribution is -0.110. The highest BCUT2D eigenvalue weighted by molar-refractivity contribution is 6.34. The predicted molar refractivity (Wildman–Crippen MR) is 131 cm³/mol. The highest BCUT2D eigenvalue weighted by Gasteiger charge is 2.26. The molecule has 34 heavy (non-hydrogen) atoms. The first-order valence-corrected chi connectivity index (χ1v) is 11.2. The maximum absolute atomic E-state index is 12.9. The summed E-state index contributed by atoms with van der Waals surface area (Å²) in [5, 5.41) is 12.2. The van der Waals surface area contributed by atoms with Crippen molar-refractivity contribution in [2.24, 2.45) is 0 Å². The molecule has 0 radical (unpaired) electrons. The van der Waals surface area contributed by atoms with Gasteiger partial charge in [-0.3, -0.25) is 4.79 Å². The van der Waals surface area contributed by atoms with Gasteiger partial charge in [0, 0.05) is 36.6 Å². The van der Waals surface area contributed by atoms with E-state index in [2.05, 4.69) is 16.8 Å². The Morgan fingerprint density at radius 3 is 2.50 bits per heavy atom. The lowest BCUT2D eigenvalue weighted by Crippen LogP contribution is -2.09. The number of carboxylic acid groups (broad SMARTS) is 1. The van der Waals surface area contributed by atoms with Crippen molar-refractivity contribution >= 4 is 29.2 Å². The van der Waals surface area contributed by atoms with E-state index in [0.29, 0.717) is 12.1 Å². The van der Waals surface area contributed by atoms with Crippen LogP contribution >= 0.6 is 0 Å². The van der Waals surface area contributed by atoms with Crippen LogP contribution in [-0.4, -0.2) is 31.1 Å². The number of aromatic nitrogens is 3. The molecule has 0 bridgehead atoms. The summed E-state index contributed by atoms with van der Waals surface area (Å²) in [7, 11) is 0. The number of aromatic carboxylic acids is 1. The number of carboxylic acids is 1. The Balaban J connectivity index is 1.67. The number of benzene rings is 2. The van der Waals surface area contributed by atoms with Crippen LogP contribution in [0.4, 0.5) is 5.69 Å². The van der Waals surface area contributed by atoms with Gasteiger partial charge in [-0.05, 0) is 48.4 Å². The first-order chi connectivity index (χ1) is 16.5. The number of carbonyl (C=O) groups excluding carboxylic acids is 1. The number of carbonyl (C=O) groups is 2. The quantitative estimate of drug-likeness (QED) is 0.392. The molecular formula is C27H24N4O3. The molecule has 170 valence electrons. The summed E-state index contributed by atoms with van der Waals surface area (Å²) in [6, 6.07) is 18.4. The van der Waals surface area contributed by atoms with E-state index in [-0.39, 0.29) is 11.5 Å². The Bertz CT molecular complexity index is 1400. The number of aryl methyl sites for hydroxylation is 1. The molecular weight excluding hydrogens is 428 g/mol. The van der Waals surface area contributed by atoms with Crippen molar-refractivity contribution in [3.63, 3.8) is 0 Å². The van der Waals surface area contributed by atoms with Gasteiger partial charge in [0.15, 0.2) is 5.82 Å². The average Bonchev–Trinajstić information content (AvgIpc) is 3.55. The molecule has 7 heteroatoms. The monoisotopic (exact) mass is 452 g/mol. The van der Waals surface area contributed by atoms with Crippen molar-refractivity contribution in [1.29, 1.82) is 0 Å². The number of nitrogens with zero attached hydrogens (tertiary/aromatic N) is 3. The topological polar surface area (TPSA) is 89.2 Å². The van der Waals surface area contributed by atoms with Crippen LogP contribution in [0.5, 0.6) is 0 Å². The second-order valence-electron chi connectivity index (χ2n) is 8.22. The SMILES string of the molecule is CCCc1nc(-n2cccc2)c(/C=C2/C(=O)Nc3ccccc32)n1Cc1ccc(C(=O)O)cc1. The van der Waals surface area contributed by atoms with Crippen molar-refractivity contribution in [3.05, 3.63) is 101 Å². The molecule has 3 heterocycles. The Hall–Kier alpha value is -4.39. The summed E-state index contributed by atoms with van der Waals surface area (Å²) in [6.07, 6.45) is 7.48. The van der Waals surface area contributed by atoms with Crippen molar-refractivity contribution < 1.29 is 14.7 Å². The molecule has 5 rings (SSSR count). The summed E-state index contributed by atoms with van der Waals surface area (Å²) in [4.78, 5) is 29.1. The average molecular weight is 453 g/mol. The van der Waals surface area contributed by atoms with Crippen LogP contribution in [0.15, 0.2) is 73.1 Å². The first-order valence-electron chi connectivity index (χ1n) is 11.2. The molecule has 0 saturated heterocycles. The predicted octanol–water partition coefficient (Wildman–Crippen LogP) is 4.87. The van der Waals surface area contributed by atoms with E-state index < -0.39 is 5.97 Å². The minimum absolute atomic E-state index is 0.143. The maximum atomic E-state index is 12.9. The summed E-state index contributed by atoms with van der Waals surface area (Å²) >= 11 is 0. The molecule has 1 aliphatic rings. The Kier molecular flexibility index (Phi) is 5.59. The summed E-state index contributed by atoms with van der Waals surface area (Å²) in [6.45, 7) is 2.61. The van der Waals surface area contributed by atoms with Gasteiger partial charge in [-0.15, -0.1) is 0 Å². The second-order valence-corrected chi connectivity index (χ2v) is 8.22. The molecule has 1 aliphatic heterocycles. The molecule has 0 saturated carbocycles. The maximum Gasteiger partial charge on any atom is 0.335 e. The number of nitrogens with one attached hydrogen (secondary N) is 1. The number of amides is 1. The minimum atomic E-state index is -0.952. The first kappa shape index (κ1) is 21.5. The highest BCUT2D eigenvalue weighted by atomic mass is 16.4. The summed E-state index contributed by atoms with van der Waals surface area (Å²) in [5.41, 5.74) is 4.28. The molecule has 0 fully saturated rings. The van der Waals surface area contributed by atoms with E-state index in [1.54, 1.807) is 12.1 Å². The molecule has 4 aromatic rings. The van der Waals surface area contributed by atoms with Crippen LogP contribution in [-0.2, 0) is 17.8 Å². The van der Waals surface area contributed by atoms with Gasteiger partial charge in [-0.2, -0.15) is 0 Å². The van der Waals surface area contributed by atoms with Gasteiger partial charge in [0.05, 0.1) is 16.8 Å². The van der Waals surface area contributed by atoms with Crippen LogP contribution in [0.3, 0.4) is 0 Å². The van der Waals surface area contributed by atoms with Crippen molar-refractivity contribution in [2.45, 2.75) is 26.3 Å². The van der Waals surface area contributed by atoms with Gasteiger partial charge < -0.3 is 19.6 Å². The van der Waals surface area contributed by atoms with E-state index in [0.717, 1.165) is 47.0 Å². The molecule has 2 aromatic heterocycles. The third kappa shape index (κ3) is 3.92. The summed E-state index contributed by atoms with van der Waals surface area (Å²) < 4.78 is 4.07. The minimum Gasteiger partial charge on any atom is -0.478 e. The molecule has 0 atom stereocenters. The molecule has 0 unspecified atom stereocenters. The molecule has 7 nitrogen and oxygen atoms in total. The van der Waals surface area contributed by atoms with Gasteiger partial charge in [-0.1, -0.05) is 37.3 Å². The van der Waals surface area contributed by atoms with E-state index in [1.807, 2.05) is 71.6 Å². The van der Waals surface area contributed by atoms with Crippen LogP contribution in [0.1, 0.15) is 46.3 Å². The normalized spacial score (nSPS) is 13.8. The fourth-order valence-electron chi connectivity index (χ4n) is 4.25. The fraction of sp³-hybridized carbons (Fsp3) is 0.148. The third-order valence-electron chi connectivity index (χ3n) is 5.92. The lowest BCUT2D eigenvalue weighted by Gasteiger charge is -2.12. The van der Waals surface area contributed by atoms with Crippen LogP contribution in [0, 0.1) is 0 Å². The Labute approximate surface area is 197 Å². The van der Waals surface area contributed by atoms with E-state index >= 15 is 0 Å². The zero-order valence-corrected chi connectivity index (χ0v) is 18.7. The largest absolute Gasteiger partial charge is 0.478 e. The van der Waals surface area contributed by atoms with Gasteiger partial charge in [0.2, 0.25) is 0 Å². The van der Waals surface area contributed by atoms with Gasteiger partial charge >= 0.3 is 5.97 Å². The van der Waals surface area contributed by atoms with E-state index in [9.17, 15) is 14.7 Å². The van der Waals surface area contributed by atoms with Gasteiger partial charge in [0.25, 0.3) is 5.91 Å². The number of anilines is 1. The molecule has 0 spiro atoms. The molecule has 0 aliphatic carbocycles. The number of para-hydroxylation sites is 1. The van der Waals surface area contributed by atoms with Crippen molar-refractivity contribution in [3.8, 4) is 5.82 Å². The number of rotatable bonds is 7. The number of hydrogen-bond acceptors (Lipinski definition) is 3. The van der Waals surface area contributed by atoms with E-state index in [4.69, 9.17) is 4.98 Å². The molecule has 2 aromatic carbocycles. The zero-order chi connectivity index (χ0) is 23.7. The van der Waals surface area contributed by atoms with Crippen LogP contribution in [0.25, 0.3) is 17.5 Å². The number of fused-ring (bicyclic) bond motifs is 1. The van der Waals surface area contributed by atoms with Crippen LogP contribution < -0.4 is 5.32 Å². The zero-order valence-electron chi connectivity index (χ0n) is 18.7.